The van der Waals surface area contributed by atoms with Crippen LogP contribution in [0.1, 0.15) is 49.1 Å². The number of ether oxygens (including phenoxy) is 2. The molecular weight excluding hydrogens is 436 g/mol. The molecule has 2 aliphatic carbocycles. The third-order valence-electron chi connectivity index (χ3n) is 7.23. The van der Waals surface area contributed by atoms with Gasteiger partial charge in [0.15, 0.2) is 6.10 Å². The highest BCUT2D eigenvalue weighted by Gasteiger charge is 2.46. The van der Waals surface area contributed by atoms with Crippen LogP contribution in [0.2, 0.25) is 0 Å². The number of aliphatic carboxylic acids is 1. The molecule has 2 atom stereocenters. The lowest BCUT2D eigenvalue weighted by Gasteiger charge is -2.28. The molecule has 5 rings (SSSR count). The summed E-state index contributed by atoms with van der Waals surface area (Å²) >= 11 is 0. The Morgan fingerprint density at radius 3 is 2.24 bits per heavy atom. The predicted molar refractivity (Wildman–Crippen MR) is 123 cm³/mol. The van der Waals surface area contributed by atoms with Crippen LogP contribution in [0.25, 0.3) is 11.1 Å². The molecule has 2 aromatic rings. The van der Waals surface area contributed by atoms with Gasteiger partial charge in [0.2, 0.25) is 0 Å². The molecule has 0 radical (unpaired) electrons. The van der Waals surface area contributed by atoms with Crippen molar-refractivity contribution in [3.05, 3.63) is 59.7 Å². The molecule has 2 amide bonds. The first-order chi connectivity index (χ1) is 16.5. The zero-order valence-electron chi connectivity index (χ0n) is 18.8. The van der Waals surface area contributed by atoms with Crippen molar-refractivity contribution in [1.82, 2.24) is 10.6 Å². The fourth-order valence-corrected chi connectivity index (χ4v) is 5.47. The van der Waals surface area contributed by atoms with Crippen LogP contribution in [-0.4, -0.2) is 54.0 Å². The van der Waals surface area contributed by atoms with Crippen molar-refractivity contribution in [1.29, 1.82) is 0 Å². The number of hydrogen-bond donors (Lipinski definition) is 3. The van der Waals surface area contributed by atoms with Gasteiger partial charge in [0, 0.05) is 12.5 Å². The first kappa shape index (κ1) is 22.4. The summed E-state index contributed by atoms with van der Waals surface area (Å²) < 4.78 is 11.1. The molecule has 3 aliphatic rings. The third-order valence-corrected chi connectivity index (χ3v) is 7.23. The number of nitrogens with one attached hydrogen (secondary N) is 2. The lowest BCUT2D eigenvalue weighted by molar-refractivity contribution is -0.149. The van der Waals surface area contributed by atoms with Crippen molar-refractivity contribution in [2.75, 3.05) is 13.2 Å². The van der Waals surface area contributed by atoms with E-state index in [1.54, 1.807) is 0 Å². The Kier molecular flexibility index (Phi) is 6.00. The van der Waals surface area contributed by atoms with E-state index < -0.39 is 35.7 Å². The standard InChI is InChI=1S/C26H28N2O6/c29-23(28-26(24(30)31)12-5-6-13-26)22-21(11-14-33-22)27-25(32)34-15-20-18-9-3-1-7-16(18)17-8-2-4-10-19(17)20/h1-4,7-10,20-22H,5-6,11-15H2,(H,27,32)(H,28,29)(H,30,31)/t21-,22+/m0/s1. The summed E-state index contributed by atoms with van der Waals surface area (Å²) in [6, 6.07) is 15.6. The first-order valence-corrected chi connectivity index (χ1v) is 11.8. The number of amides is 2. The van der Waals surface area contributed by atoms with Crippen molar-refractivity contribution in [3.63, 3.8) is 0 Å². The Hall–Kier alpha value is -3.39. The van der Waals surface area contributed by atoms with Gasteiger partial charge < -0.3 is 25.2 Å². The van der Waals surface area contributed by atoms with Crippen molar-refractivity contribution in [3.8, 4) is 11.1 Å². The minimum Gasteiger partial charge on any atom is -0.480 e. The number of carbonyl (C=O) groups excluding carboxylic acids is 2. The fraction of sp³-hybridized carbons (Fsp3) is 0.423. The van der Waals surface area contributed by atoms with E-state index in [9.17, 15) is 19.5 Å². The fourth-order valence-electron chi connectivity index (χ4n) is 5.47. The normalized spacial score (nSPS) is 22.6. The van der Waals surface area contributed by atoms with Crippen molar-refractivity contribution in [2.45, 2.75) is 55.7 Å². The molecule has 1 saturated carbocycles. The van der Waals surface area contributed by atoms with E-state index in [0.717, 1.165) is 35.1 Å². The monoisotopic (exact) mass is 464 g/mol. The molecule has 1 aliphatic heterocycles. The number of rotatable bonds is 6. The molecule has 178 valence electrons. The number of carboxylic acid groups (broad SMARTS) is 1. The maximum Gasteiger partial charge on any atom is 0.407 e. The molecule has 8 nitrogen and oxygen atoms in total. The summed E-state index contributed by atoms with van der Waals surface area (Å²) in [6.07, 6.45) is 1.17. The van der Waals surface area contributed by atoms with E-state index in [2.05, 4.69) is 22.8 Å². The van der Waals surface area contributed by atoms with E-state index >= 15 is 0 Å². The van der Waals surface area contributed by atoms with Gasteiger partial charge in [0.1, 0.15) is 12.1 Å². The molecule has 0 aromatic heterocycles. The first-order valence-electron chi connectivity index (χ1n) is 11.8. The Balaban J connectivity index is 1.21. The van der Waals surface area contributed by atoms with Crippen LogP contribution in [-0.2, 0) is 19.1 Å². The Morgan fingerprint density at radius 2 is 1.62 bits per heavy atom. The maximum absolute atomic E-state index is 12.9. The number of fused-ring (bicyclic) bond motifs is 3. The van der Waals surface area contributed by atoms with Crippen LogP contribution in [0.15, 0.2) is 48.5 Å². The molecule has 1 saturated heterocycles. The second-order valence-electron chi connectivity index (χ2n) is 9.24. The highest BCUT2D eigenvalue weighted by Crippen LogP contribution is 2.44. The number of benzene rings is 2. The quantitative estimate of drug-likeness (QED) is 0.605. The number of hydrogen-bond acceptors (Lipinski definition) is 5. The molecule has 0 unspecified atom stereocenters. The van der Waals surface area contributed by atoms with Gasteiger partial charge in [-0.15, -0.1) is 0 Å². The molecule has 0 spiro atoms. The minimum atomic E-state index is -1.25. The van der Waals surface area contributed by atoms with E-state index in [1.165, 1.54) is 0 Å². The van der Waals surface area contributed by atoms with Gasteiger partial charge in [-0.05, 0) is 41.5 Å². The third kappa shape index (κ3) is 4.03. The van der Waals surface area contributed by atoms with Gasteiger partial charge >= 0.3 is 12.1 Å². The van der Waals surface area contributed by atoms with Gasteiger partial charge in [-0.3, -0.25) is 4.79 Å². The van der Waals surface area contributed by atoms with Crippen LogP contribution in [0.5, 0.6) is 0 Å². The molecule has 8 heteroatoms. The average molecular weight is 465 g/mol. The van der Waals surface area contributed by atoms with Crippen LogP contribution < -0.4 is 10.6 Å². The summed E-state index contributed by atoms with van der Waals surface area (Å²) in [6.45, 7) is 0.471. The molecule has 3 N–H and O–H groups in total. The Labute approximate surface area is 197 Å². The van der Waals surface area contributed by atoms with Gasteiger partial charge in [-0.2, -0.15) is 0 Å². The van der Waals surface area contributed by atoms with Gasteiger partial charge in [0.05, 0.1) is 6.04 Å². The topological polar surface area (TPSA) is 114 Å². The van der Waals surface area contributed by atoms with Crippen LogP contribution in [0.4, 0.5) is 4.79 Å². The van der Waals surface area contributed by atoms with Crippen molar-refractivity contribution < 1.29 is 29.0 Å². The van der Waals surface area contributed by atoms with Gasteiger partial charge in [0.25, 0.3) is 5.91 Å². The molecule has 2 aromatic carbocycles. The largest absolute Gasteiger partial charge is 0.480 e. The summed E-state index contributed by atoms with van der Waals surface area (Å²) in [5.74, 6) is -1.60. The van der Waals surface area contributed by atoms with E-state index in [1.807, 2.05) is 36.4 Å². The van der Waals surface area contributed by atoms with E-state index in [-0.39, 0.29) is 12.5 Å². The molecular formula is C26H28N2O6. The molecule has 0 bridgehead atoms. The highest BCUT2D eigenvalue weighted by atomic mass is 16.6. The lowest BCUT2D eigenvalue weighted by Crippen LogP contribution is -2.58. The zero-order valence-corrected chi connectivity index (χ0v) is 18.8. The van der Waals surface area contributed by atoms with Gasteiger partial charge in [-0.1, -0.05) is 61.4 Å². The van der Waals surface area contributed by atoms with Crippen molar-refractivity contribution >= 4 is 18.0 Å². The number of carbonyl (C=O) groups is 3. The van der Waals surface area contributed by atoms with Crippen LogP contribution in [0.3, 0.4) is 0 Å². The second-order valence-corrected chi connectivity index (χ2v) is 9.24. The summed E-state index contributed by atoms with van der Waals surface area (Å²) in [4.78, 5) is 37.3. The number of carboxylic acids is 1. The van der Waals surface area contributed by atoms with Crippen LogP contribution >= 0.6 is 0 Å². The van der Waals surface area contributed by atoms with Crippen LogP contribution in [0, 0.1) is 0 Å². The smallest absolute Gasteiger partial charge is 0.407 e. The summed E-state index contributed by atoms with van der Waals surface area (Å²) in [7, 11) is 0. The Morgan fingerprint density at radius 1 is 1.00 bits per heavy atom. The number of alkyl carbamates (subject to hydrolysis) is 1. The zero-order chi connectivity index (χ0) is 23.7. The predicted octanol–water partition coefficient (Wildman–Crippen LogP) is 3.20. The Bertz CT molecular complexity index is 1060. The SMILES string of the molecule is O=C(N[C@H]1CCO[C@H]1C(=O)NC1(C(=O)O)CCCC1)OCC1c2ccccc2-c2ccccc21. The van der Waals surface area contributed by atoms with Crippen molar-refractivity contribution in [2.24, 2.45) is 0 Å². The maximum atomic E-state index is 12.9. The molecule has 34 heavy (non-hydrogen) atoms. The average Bonchev–Trinajstić information content (AvgIpc) is 3.56. The molecule has 1 heterocycles. The highest BCUT2D eigenvalue weighted by molar-refractivity contribution is 5.90. The van der Waals surface area contributed by atoms with Gasteiger partial charge in [-0.25, -0.2) is 9.59 Å². The summed E-state index contributed by atoms with van der Waals surface area (Å²) in [5, 5.41) is 15.1. The van der Waals surface area contributed by atoms with E-state index in [0.29, 0.717) is 25.9 Å². The minimum absolute atomic E-state index is 0.0603. The second kappa shape index (κ2) is 9.10. The van der Waals surface area contributed by atoms with E-state index in [4.69, 9.17) is 9.47 Å². The lowest BCUT2D eigenvalue weighted by atomic mass is 9.97. The summed E-state index contributed by atoms with van der Waals surface area (Å²) in [5.41, 5.74) is 3.28. The molecule has 2 fully saturated rings.